The van der Waals surface area contributed by atoms with Gasteiger partial charge in [0.05, 0.1) is 11.4 Å². The molecule has 5 rings (SSSR count). The highest BCUT2D eigenvalue weighted by molar-refractivity contribution is 5.91. The molecular formula is C25H23FN4O4. The molecule has 0 saturated heterocycles. The van der Waals surface area contributed by atoms with Crippen LogP contribution in [-0.2, 0) is 18.3 Å². The first-order valence-electron chi connectivity index (χ1n) is 10.9. The molecule has 0 saturated carbocycles. The number of hydrogen-bond donors (Lipinski definition) is 1. The van der Waals surface area contributed by atoms with Crippen molar-refractivity contribution in [1.82, 2.24) is 14.3 Å². The molecule has 0 spiro atoms. The molecule has 0 fully saturated rings. The van der Waals surface area contributed by atoms with Gasteiger partial charge in [-0.3, -0.25) is 14.2 Å². The van der Waals surface area contributed by atoms with Crippen LogP contribution in [-0.4, -0.2) is 27.0 Å². The number of anilines is 1. The summed E-state index contributed by atoms with van der Waals surface area (Å²) in [5.41, 5.74) is 3.55. The van der Waals surface area contributed by atoms with Crippen molar-refractivity contribution in [2.75, 3.05) is 12.1 Å². The zero-order chi connectivity index (χ0) is 24.0. The number of nitrogens with zero attached hydrogens (tertiary/aromatic N) is 3. The van der Waals surface area contributed by atoms with Crippen molar-refractivity contribution in [1.29, 1.82) is 0 Å². The minimum Gasteiger partial charge on any atom is -0.454 e. The summed E-state index contributed by atoms with van der Waals surface area (Å²) in [5.74, 6) is 0.622. The van der Waals surface area contributed by atoms with Crippen molar-refractivity contribution in [3.8, 4) is 17.2 Å². The molecule has 0 aliphatic carbocycles. The van der Waals surface area contributed by atoms with E-state index in [0.29, 0.717) is 34.1 Å². The number of pyridine rings is 1. The molecule has 1 N–H and O–H groups in total. The monoisotopic (exact) mass is 462 g/mol. The Morgan fingerprint density at radius 1 is 1.15 bits per heavy atom. The number of halogens is 1. The first kappa shape index (κ1) is 21.7. The number of rotatable bonds is 5. The maximum absolute atomic E-state index is 13.8. The number of carbonyl (C=O) groups is 1. The maximum Gasteiger partial charge on any atom is 0.255 e. The van der Waals surface area contributed by atoms with Crippen molar-refractivity contribution < 1.29 is 18.7 Å². The molecule has 0 bridgehead atoms. The summed E-state index contributed by atoms with van der Waals surface area (Å²) in [6.07, 6.45) is 0.405. The number of hydrogen-bond acceptors (Lipinski definition) is 5. The molecule has 174 valence electrons. The van der Waals surface area contributed by atoms with E-state index in [4.69, 9.17) is 9.47 Å². The van der Waals surface area contributed by atoms with Gasteiger partial charge in [0.2, 0.25) is 12.7 Å². The van der Waals surface area contributed by atoms with E-state index in [2.05, 4.69) is 10.4 Å². The van der Waals surface area contributed by atoms with Crippen LogP contribution >= 0.6 is 0 Å². The summed E-state index contributed by atoms with van der Waals surface area (Å²) in [4.78, 5) is 25.8. The van der Waals surface area contributed by atoms with E-state index >= 15 is 0 Å². The Morgan fingerprint density at radius 3 is 2.74 bits per heavy atom. The molecule has 9 heteroatoms. The van der Waals surface area contributed by atoms with Gasteiger partial charge in [0.1, 0.15) is 11.5 Å². The molecule has 1 aliphatic rings. The summed E-state index contributed by atoms with van der Waals surface area (Å²) in [7, 11) is 1.66. The van der Waals surface area contributed by atoms with Crippen LogP contribution in [0.3, 0.4) is 0 Å². The third-order valence-electron chi connectivity index (χ3n) is 6.06. The number of aryl methyl sites for hydroxylation is 3. The predicted molar refractivity (Wildman–Crippen MR) is 125 cm³/mol. The summed E-state index contributed by atoms with van der Waals surface area (Å²) < 4.78 is 27.5. The molecule has 4 aromatic rings. The van der Waals surface area contributed by atoms with Crippen LogP contribution in [0.1, 0.15) is 23.2 Å². The van der Waals surface area contributed by atoms with E-state index in [9.17, 15) is 14.0 Å². The molecule has 0 radical (unpaired) electrons. The lowest BCUT2D eigenvalue weighted by Gasteiger charge is -2.13. The number of nitrogens with one attached hydrogen (secondary N) is 1. The lowest BCUT2D eigenvalue weighted by Crippen LogP contribution is -2.25. The Bertz CT molecular complexity index is 1510. The Labute approximate surface area is 194 Å². The van der Waals surface area contributed by atoms with E-state index < -0.39 is 0 Å². The summed E-state index contributed by atoms with van der Waals surface area (Å²) >= 11 is 0. The Kier molecular flexibility index (Phi) is 5.31. The zero-order valence-electron chi connectivity index (χ0n) is 19.0. The topological polar surface area (TPSA) is 87.4 Å². The highest BCUT2D eigenvalue weighted by atomic mass is 19.1. The van der Waals surface area contributed by atoms with Crippen LogP contribution in [0.4, 0.5) is 10.1 Å². The van der Waals surface area contributed by atoms with E-state index in [1.165, 1.54) is 16.7 Å². The molecule has 1 amide bonds. The van der Waals surface area contributed by atoms with Crippen LogP contribution in [0, 0.1) is 19.7 Å². The Balaban J connectivity index is 1.43. The molecule has 8 nitrogen and oxygen atoms in total. The van der Waals surface area contributed by atoms with Crippen molar-refractivity contribution >= 4 is 22.6 Å². The molecule has 3 heterocycles. The van der Waals surface area contributed by atoms with Gasteiger partial charge in [-0.25, -0.2) is 9.07 Å². The smallest absolute Gasteiger partial charge is 0.255 e. The van der Waals surface area contributed by atoms with Gasteiger partial charge in [0.25, 0.3) is 5.56 Å². The first-order chi connectivity index (χ1) is 16.3. The zero-order valence-corrected chi connectivity index (χ0v) is 19.0. The molecule has 2 aromatic heterocycles. The van der Waals surface area contributed by atoms with Gasteiger partial charge in [-0.15, -0.1) is 0 Å². The van der Waals surface area contributed by atoms with Gasteiger partial charge in [-0.05, 0) is 56.2 Å². The third kappa shape index (κ3) is 3.68. The maximum atomic E-state index is 13.8. The van der Waals surface area contributed by atoms with E-state index in [1.54, 1.807) is 42.1 Å². The average molecular weight is 462 g/mol. The number of amides is 1. The van der Waals surface area contributed by atoms with Crippen LogP contribution in [0.25, 0.3) is 16.7 Å². The minimum atomic E-state index is -0.384. The second kappa shape index (κ2) is 8.33. The summed E-state index contributed by atoms with van der Waals surface area (Å²) in [6.45, 7) is 3.87. The van der Waals surface area contributed by atoms with Crippen LogP contribution < -0.4 is 20.3 Å². The van der Waals surface area contributed by atoms with Crippen LogP contribution in [0.2, 0.25) is 0 Å². The SMILES string of the molecule is Cc1nn(-c2cccc(F)c2)c2c1c(C)c(CCC(=O)Nc1ccc3c(c1)OCO3)c(=O)n2C. The van der Waals surface area contributed by atoms with Gasteiger partial charge in [-0.1, -0.05) is 6.07 Å². The summed E-state index contributed by atoms with van der Waals surface area (Å²) in [6, 6.07) is 11.3. The van der Waals surface area contributed by atoms with E-state index in [0.717, 1.165) is 16.6 Å². The standard InChI is InChI=1S/C25H23FN4O4/c1-14-19(8-10-22(31)27-17-7-9-20-21(12-17)34-13-33-20)25(32)29(3)24-23(14)15(2)28-30(24)18-6-4-5-16(26)11-18/h4-7,9,11-12H,8,10,13H2,1-3H3,(H,27,31). The number of benzene rings is 2. The fraction of sp³-hybridized carbons (Fsp3) is 0.240. The number of carbonyl (C=O) groups excluding carboxylic acids is 1. The fourth-order valence-electron chi connectivity index (χ4n) is 4.39. The van der Waals surface area contributed by atoms with Crippen molar-refractivity contribution in [3.63, 3.8) is 0 Å². The van der Waals surface area contributed by atoms with Crippen molar-refractivity contribution in [3.05, 3.63) is 75.5 Å². The molecule has 1 aliphatic heterocycles. The molecule has 0 unspecified atom stereocenters. The van der Waals surface area contributed by atoms with Gasteiger partial charge in [0.15, 0.2) is 11.5 Å². The quantitative estimate of drug-likeness (QED) is 0.488. The summed E-state index contributed by atoms with van der Waals surface area (Å²) in [5, 5.41) is 8.23. The molecule has 34 heavy (non-hydrogen) atoms. The predicted octanol–water partition coefficient (Wildman–Crippen LogP) is 3.78. The number of ether oxygens (including phenoxy) is 2. The van der Waals surface area contributed by atoms with Gasteiger partial charge >= 0.3 is 0 Å². The third-order valence-corrected chi connectivity index (χ3v) is 6.06. The fourth-order valence-corrected chi connectivity index (χ4v) is 4.39. The van der Waals surface area contributed by atoms with Gasteiger partial charge in [-0.2, -0.15) is 5.10 Å². The number of aromatic nitrogens is 3. The van der Waals surface area contributed by atoms with Gasteiger partial charge in [0, 0.05) is 36.2 Å². The molecular weight excluding hydrogens is 439 g/mol. The van der Waals surface area contributed by atoms with E-state index in [-0.39, 0.29) is 36.9 Å². The van der Waals surface area contributed by atoms with E-state index in [1.807, 2.05) is 13.8 Å². The lowest BCUT2D eigenvalue weighted by atomic mass is 10.0. The largest absolute Gasteiger partial charge is 0.454 e. The Morgan fingerprint density at radius 2 is 1.94 bits per heavy atom. The van der Waals surface area contributed by atoms with Crippen LogP contribution in [0.15, 0.2) is 47.3 Å². The second-order valence-corrected chi connectivity index (χ2v) is 8.26. The number of fused-ring (bicyclic) bond motifs is 2. The molecule has 2 aromatic carbocycles. The average Bonchev–Trinajstić information content (AvgIpc) is 3.41. The lowest BCUT2D eigenvalue weighted by molar-refractivity contribution is -0.116. The van der Waals surface area contributed by atoms with Gasteiger partial charge < -0.3 is 14.8 Å². The molecule has 0 atom stereocenters. The van der Waals surface area contributed by atoms with Crippen LogP contribution in [0.5, 0.6) is 11.5 Å². The van der Waals surface area contributed by atoms with Crippen molar-refractivity contribution in [2.24, 2.45) is 7.05 Å². The normalized spacial score (nSPS) is 12.4. The second-order valence-electron chi connectivity index (χ2n) is 8.26. The Hall–Kier alpha value is -4.14. The first-order valence-corrected chi connectivity index (χ1v) is 10.9. The highest BCUT2D eigenvalue weighted by Crippen LogP contribution is 2.34. The van der Waals surface area contributed by atoms with Crippen molar-refractivity contribution in [2.45, 2.75) is 26.7 Å². The minimum absolute atomic E-state index is 0.132. The highest BCUT2D eigenvalue weighted by Gasteiger charge is 2.21.